The van der Waals surface area contributed by atoms with Gasteiger partial charge >= 0.3 is 0 Å². The summed E-state index contributed by atoms with van der Waals surface area (Å²) in [5.41, 5.74) is 1.02. The van der Waals surface area contributed by atoms with Gasteiger partial charge in [-0.05, 0) is 31.9 Å². The number of hydrogen-bond donors (Lipinski definition) is 0. The second-order valence-corrected chi connectivity index (χ2v) is 5.96. The largest absolute Gasteiger partial charge is 0.372 e. The lowest BCUT2D eigenvalue weighted by Gasteiger charge is -2.22. The minimum Gasteiger partial charge on any atom is -0.372 e. The zero-order chi connectivity index (χ0) is 13.9. The van der Waals surface area contributed by atoms with Crippen molar-refractivity contribution in [3.8, 4) is 0 Å². The molecule has 1 aromatic heterocycles. The van der Waals surface area contributed by atoms with Gasteiger partial charge in [-0.2, -0.15) is 0 Å². The molecule has 2 aromatic rings. The molecule has 0 bridgehead atoms. The summed E-state index contributed by atoms with van der Waals surface area (Å²) in [5.74, 6) is 0.0774. The van der Waals surface area contributed by atoms with Gasteiger partial charge in [-0.15, -0.1) is 11.3 Å². The molecule has 20 heavy (non-hydrogen) atoms. The van der Waals surface area contributed by atoms with Crippen LogP contribution in [0.1, 0.15) is 30.8 Å². The fourth-order valence-corrected chi connectivity index (χ4v) is 3.74. The number of rotatable bonds is 4. The first-order valence-electron chi connectivity index (χ1n) is 7.02. The highest BCUT2D eigenvalue weighted by Gasteiger charge is 2.31. The van der Waals surface area contributed by atoms with E-state index in [1.54, 1.807) is 11.3 Å². The first kappa shape index (κ1) is 13.5. The van der Waals surface area contributed by atoms with E-state index < -0.39 is 0 Å². The van der Waals surface area contributed by atoms with E-state index in [-0.39, 0.29) is 18.6 Å². The second kappa shape index (κ2) is 5.89. The summed E-state index contributed by atoms with van der Waals surface area (Å²) in [6, 6.07) is 8.25. The fourth-order valence-electron chi connectivity index (χ4n) is 2.63. The molecule has 1 aliphatic heterocycles. The third-order valence-electron chi connectivity index (χ3n) is 3.60. The van der Waals surface area contributed by atoms with Gasteiger partial charge in [0.25, 0.3) is 0 Å². The Kier molecular flexibility index (Phi) is 3.98. The number of hydrogen-bond acceptors (Lipinski definition) is 4. The van der Waals surface area contributed by atoms with Crippen LogP contribution in [0.3, 0.4) is 0 Å². The van der Waals surface area contributed by atoms with E-state index in [1.165, 1.54) is 4.70 Å². The van der Waals surface area contributed by atoms with Crippen LogP contribution in [-0.4, -0.2) is 35.5 Å². The lowest BCUT2D eigenvalue weighted by atomic mass is 10.2. The van der Waals surface area contributed by atoms with Crippen LogP contribution in [0.15, 0.2) is 24.3 Å². The predicted molar refractivity (Wildman–Crippen MR) is 79.8 cm³/mol. The number of nitrogens with zero attached hydrogens (tertiary/aromatic N) is 2. The Hall–Kier alpha value is -1.46. The van der Waals surface area contributed by atoms with E-state index >= 15 is 0 Å². The van der Waals surface area contributed by atoms with Crippen molar-refractivity contribution in [1.29, 1.82) is 0 Å². The Morgan fingerprint density at radius 3 is 3.15 bits per heavy atom. The molecule has 1 saturated heterocycles. The molecule has 0 aliphatic carbocycles. The van der Waals surface area contributed by atoms with Crippen LogP contribution in [0.4, 0.5) is 0 Å². The molecule has 1 aromatic carbocycles. The van der Waals surface area contributed by atoms with E-state index in [0.717, 1.165) is 29.9 Å². The molecule has 0 N–H and O–H groups in total. The molecule has 1 unspecified atom stereocenters. The van der Waals surface area contributed by atoms with Crippen LogP contribution in [0.5, 0.6) is 0 Å². The summed E-state index contributed by atoms with van der Waals surface area (Å²) in [4.78, 5) is 18.8. The van der Waals surface area contributed by atoms with E-state index in [4.69, 9.17) is 9.72 Å². The Morgan fingerprint density at radius 2 is 2.35 bits per heavy atom. The molecule has 5 heteroatoms. The zero-order valence-electron chi connectivity index (χ0n) is 11.5. The van der Waals surface area contributed by atoms with Crippen LogP contribution < -0.4 is 0 Å². The molecule has 4 nitrogen and oxygen atoms in total. The van der Waals surface area contributed by atoms with E-state index in [9.17, 15) is 4.79 Å². The van der Waals surface area contributed by atoms with Gasteiger partial charge in [-0.3, -0.25) is 4.79 Å². The number of carbonyl (C=O) groups is 1. The van der Waals surface area contributed by atoms with Crippen molar-refractivity contribution in [2.24, 2.45) is 0 Å². The molecular formula is C15H18N2O2S. The van der Waals surface area contributed by atoms with Crippen molar-refractivity contribution in [1.82, 2.24) is 9.88 Å². The minimum atomic E-state index is 0.0774. The normalized spacial score (nSPS) is 18.9. The average molecular weight is 290 g/mol. The molecule has 3 rings (SSSR count). The second-order valence-electron chi connectivity index (χ2n) is 4.90. The molecule has 1 aliphatic rings. The number of para-hydroxylation sites is 1. The van der Waals surface area contributed by atoms with Gasteiger partial charge < -0.3 is 9.64 Å². The van der Waals surface area contributed by atoms with Crippen LogP contribution >= 0.6 is 11.3 Å². The van der Waals surface area contributed by atoms with Gasteiger partial charge in [-0.1, -0.05) is 12.1 Å². The Balaban J connectivity index is 1.82. The lowest BCUT2D eigenvalue weighted by Crippen LogP contribution is -2.33. The van der Waals surface area contributed by atoms with Gasteiger partial charge in [0.15, 0.2) is 0 Å². The Morgan fingerprint density at radius 1 is 1.50 bits per heavy atom. The monoisotopic (exact) mass is 290 g/mol. The molecular weight excluding hydrogens is 272 g/mol. The summed E-state index contributed by atoms with van der Waals surface area (Å²) >= 11 is 1.69. The van der Waals surface area contributed by atoms with Crippen molar-refractivity contribution in [3.05, 3.63) is 29.3 Å². The SMILES string of the molecule is CCOCC(=O)N1CCCC1c1nc2ccccc2s1. The number of aromatic nitrogens is 1. The fraction of sp³-hybridized carbons (Fsp3) is 0.467. The van der Waals surface area contributed by atoms with E-state index in [0.29, 0.717) is 6.61 Å². The van der Waals surface area contributed by atoms with Gasteiger partial charge in [0.2, 0.25) is 5.91 Å². The van der Waals surface area contributed by atoms with Crippen LogP contribution in [0.2, 0.25) is 0 Å². The number of ether oxygens (including phenoxy) is 1. The highest BCUT2D eigenvalue weighted by molar-refractivity contribution is 7.18. The smallest absolute Gasteiger partial charge is 0.249 e. The quantitative estimate of drug-likeness (QED) is 0.869. The summed E-state index contributed by atoms with van der Waals surface area (Å²) < 4.78 is 6.43. The molecule has 0 spiro atoms. The highest BCUT2D eigenvalue weighted by atomic mass is 32.1. The molecule has 1 amide bonds. The zero-order valence-corrected chi connectivity index (χ0v) is 12.4. The van der Waals surface area contributed by atoms with Gasteiger partial charge in [0, 0.05) is 13.2 Å². The minimum absolute atomic E-state index is 0.0774. The maximum atomic E-state index is 12.2. The maximum absolute atomic E-state index is 12.2. The average Bonchev–Trinajstić information content (AvgIpc) is 3.09. The van der Waals surface area contributed by atoms with Crippen molar-refractivity contribution in [2.45, 2.75) is 25.8 Å². The molecule has 106 valence electrons. The van der Waals surface area contributed by atoms with E-state index in [2.05, 4.69) is 6.07 Å². The van der Waals surface area contributed by atoms with Crippen LogP contribution in [-0.2, 0) is 9.53 Å². The van der Waals surface area contributed by atoms with Crippen molar-refractivity contribution >= 4 is 27.5 Å². The predicted octanol–water partition coefficient (Wildman–Crippen LogP) is 3.00. The summed E-state index contributed by atoms with van der Waals surface area (Å²) in [6.45, 7) is 3.47. The molecule has 0 radical (unpaired) electrons. The molecule has 1 atom stereocenters. The summed E-state index contributed by atoms with van der Waals surface area (Å²) in [6.07, 6.45) is 2.04. The topological polar surface area (TPSA) is 42.4 Å². The standard InChI is InChI=1S/C15H18N2O2S/c1-2-19-10-14(18)17-9-5-7-12(17)15-16-11-6-3-4-8-13(11)20-15/h3-4,6,8,12H,2,5,7,9-10H2,1H3. The van der Waals surface area contributed by atoms with Crippen LogP contribution in [0, 0.1) is 0 Å². The van der Waals surface area contributed by atoms with Gasteiger partial charge in [-0.25, -0.2) is 4.98 Å². The third kappa shape index (κ3) is 2.55. The van der Waals surface area contributed by atoms with Crippen molar-refractivity contribution in [3.63, 3.8) is 0 Å². The Labute approximate surface area is 122 Å². The number of amides is 1. The van der Waals surface area contributed by atoms with Crippen LogP contribution in [0.25, 0.3) is 10.2 Å². The highest BCUT2D eigenvalue weighted by Crippen LogP contribution is 2.36. The lowest BCUT2D eigenvalue weighted by molar-refractivity contribution is -0.136. The third-order valence-corrected chi connectivity index (χ3v) is 4.74. The van der Waals surface area contributed by atoms with E-state index in [1.807, 2.05) is 30.0 Å². The van der Waals surface area contributed by atoms with Crippen molar-refractivity contribution in [2.75, 3.05) is 19.8 Å². The molecule has 0 saturated carbocycles. The van der Waals surface area contributed by atoms with Gasteiger partial charge in [0.05, 0.1) is 16.3 Å². The number of fused-ring (bicyclic) bond motifs is 1. The first-order chi connectivity index (χ1) is 9.79. The molecule has 2 heterocycles. The first-order valence-corrected chi connectivity index (χ1v) is 7.84. The van der Waals surface area contributed by atoms with Crippen molar-refractivity contribution < 1.29 is 9.53 Å². The number of benzene rings is 1. The number of carbonyl (C=O) groups excluding carboxylic acids is 1. The molecule has 1 fully saturated rings. The Bertz CT molecular complexity index is 578. The van der Waals surface area contributed by atoms with Gasteiger partial charge in [0.1, 0.15) is 11.6 Å². The number of thiazole rings is 1. The number of likely N-dealkylation sites (tertiary alicyclic amines) is 1. The summed E-state index contributed by atoms with van der Waals surface area (Å²) in [7, 11) is 0. The maximum Gasteiger partial charge on any atom is 0.249 e. The summed E-state index contributed by atoms with van der Waals surface area (Å²) in [5, 5.41) is 1.05.